The lowest BCUT2D eigenvalue weighted by Crippen LogP contribution is -2.22. The topological polar surface area (TPSA) is 29.1 Å². The number of ketones is 1. The molecule has 0 atom stereocenters. The molecule has 0 saturated carbocycles. The van der Waals surface area contributed by atoms with Gasteiger partial charge in [-0.25, -0.2) is 0 Å². The zero-order valence-electron chi connectivity index (χ0n) is 10.4. The van der Waals surface area contributed by atoms with Gasteiger partial charge in [-0.3, -0.25) is 4.79 Å². The van der Waals surface area contributed by atoms with Gasteiger partial charge in [0.2, 0.25) is 0 Å². The minimum Gasteiger partial charge on any atom is -0.310 e. The molecule has 1 rings (SSSR count). The summed E-state index contributed by atoms with van der Waals surface area (Å²) in [6.07, 6.45) is 1.07. The number of Topliss-reactive ketones (excluding diaryl/α,β-unsaturated/α-hetero) is 1. The Kier molecular flexibility index (Phi) is 5.20. The standard InChI is InChI=1S/C14H21NO/c1-4-15-10-14(16)13-7-5-12(6-8-13)9-11(2)3/h5-8,11,15H,4,9-10H2,1-3H3. The summed E-state index contributed by atoms with van der Waals surface area (Å²) in [7, 11) is 0. The highest BCUT2D eigenvalue weighted by Crippen LogP contribution is 2.10. The second-order valence-electron chi connectivity index (χ2n) is 4.50. The van der Waals surface area contributed by atoms with Crippen LogP contribution in [0.1, 0.15) is 36.7 Å². The summed E-state index contributed by atoms with van der Waals surface area (Å²) >= 11 is 0. The van der Waals surface area contributed by atoms with Crippen molar-refractivity contribution in [1.29, 1.82) is 0 Å². The molecule has 0 bridgehead atoms. The number of carbonyl (C=O) groups excluding carboxylic acids is 1. The quantitative estimate of drug-likeness (QED) is 0.745. The van der Waals surface area contributed by atoms with E-state index in [0.717, 1.165) is 18.5 Å². The van der Waals surface area contributed by atoms with Crippen LogP contribution in [0.25, 0.3) is 0 Å². The number of carbonyl (C=O) groups is 1. The van der Waals surface area contributed by atoms with Gasteiger partial charge in [-0.05, 0) is 24.4 Å². The molecule has 0 unspecified atom stereocenters. The molecule has 1 aromatic rings. The Labute approximate surface area is 98.1 Å². The van der Waals surface area contributed by atoms with E-state index in [-0.39, 0.29) is 5.78 Å². The van der Waals surface area contributed by atoms with Crippen molar-refractivity contribution in [2.24, 2.45) is 5.92 Å². The van der Waals surface area contributed by atoms with Crippen molar-refractivity contribution in [3.8, 4) is 0 Å². The van der Waals surface area contributed by atoms with Crippen LogP contribution in [0.2, 0.25) is 0 Å². The zero-order valence-corrected chi connectivity index (χ0v) is 10.4. The molecule has 0 spiro atoms. The van der Waals surface area contributed by atoms with Crippen molar-refractivity contribution in [1.82, 2.24) is 5.32 Å². The first kappa shape index (κ1) is 12.9. The van der Waals surface area contributed by atoms with E-state index >= 15 is 0 Å². The van der Waals surface area contributed by atoms with Crippen LogP contribution in [0.5, 0.6) is 0 Å². The molecule has 1 N–H and O–H groups in total. The van der Waals surface area contributed by atoms with Crippen molar-refractivity contribution in [2.45, 2.75) is 27.2 Å². The number of hydrogen-bond acceptors (Lipinski definition) is 2. The molecule has 2 heteroatoms. The fourth-order valence-corrected chi connectivity index (χ4v) is 1.64. The van der Waals surface area contributed by atoms with Crippen molar-refractivity contribution >= 4 is 5.78 Å². The van der Waals surface area contributed by atoms with Crippen LogP contribution in [0.3, 0.4) is 0 Å². The van der Waals surface area contributed by atoms with Crippen LogP contribution in [0, 0.1) is 5.92 Å². The molecular formula is C14H21NO. The third kappa shape index (κ3) is 4.15. The van der Waals surface area contributed by atoms with Crippen LogP contribution >= 0.6 is 0 Å². The van der Waals surface area contributed by atoms with Crippen molar-refractivity contribution in [3.63, 3.8) is 0 Å². The Morgan fingerprint density at radius 1 is 1.25 bits per heavy atom. The summed E-state index contributed by atoms with van der Waals surface area (Å²) < 4.78 is 0. The summed E-state index contributed by atoms with van der Waals surface area (Å²) in [4.78, 5) is 11.7. The zero-order chi connectivity index (χ0) is 12.0. The summed E-state index contributed by atoms with van der Waals surface area (Å²) in [5.41, 5.74) is 2.10. The largest absolute Gasteiger partial charge is 0.310 e. The molecule has 0 aromatic heterocycles. The summed E-state index contributed by atoms with van der Waals surface area (Å²) in [6.45, 7) is 7.66. The second kappa shape index (κ2) is 6.44. The van der Waals surface area contributed by atoms with Crippen LogP contribution in [-0.4, -0.2) is 18.9 Å². The van der Waals surface area contributed by atoms with Gasteiger partial charge in [0.15, 0.2) is 5.78 Å². The number of rotatable bonds is 6. The maximum atomic E-state index is 11.7. The van der Waals surface area contributed by atoms with Crippen molar-refractivity contribution < 1.29 is 4.79 Å². The predicted molar refractivity (Wildman–Crippen MR) is 67.9 cm³/mol. The molecule has 0 aliphatic carbocycles. The highest BCUT2D eigenvalue weighted by Gasteiger charge is 2.04. The van der Waals surface area contributed by atoms with Gasteiger partial charge in [-0.2, -0.15) is 0 Å². The first-order chi connectivity index (χ1) is 7.63. The third-order valence-corrected chi connectivity index (χ3v) is 2.46. The smallest absolute Gasteiger partial charge is 0.176 e. The van der Waals surface area contributed by atoms with E-state index < -0.39 is 0 Å². The maximum absolute atomic E-state index is 11.7. The van der Waals surface area contributed by atoms with Gasteiger partial charge in [0.05, 0.1) is 6.54 Å². The van der Waals surface area contributed by atoms with E-state index in [9.17, 15) is 4.79 Å². The van der Waals surface area contributed by atoms with Gasteiger partial charge in [0.25, 0.3) is 0 Å². The highest BCUT2D eigenvalue weighted by molar-refractivity contribution is 5.97. The number of likely N-dealkylation sites (N-methyl/N-ethyl adjacent to an activating group) is 1. The first-order valence-corrected chi connectivity index (χ1v) is 5.96. The minimum absolute atomic E-state index is 0.165. The molecule has 1 aromatic carbocycles. The van der Waals surface area contributed by atoms with Gasteiger partial charge < -0.3 is 5.32 Å². The predicted octanol–water partition coefficient (Wildman–Crippen LogP) is 2.68. The Bertz CT molecular complexity index is 327. The molecule has 0 aliphatic rings. The van der Waals surface area contributed by atoms with Gasteiger partial charge in [0, 0.05) is 5.56 Å². The van der Waals surface area contributed by atoms with Gasteiger partial charge >= 0.3 is 0 Å². The highest BCUT2D eigenvalue weighted by atomic mass is 16.1. The minimum atomic E-state index is 0.165. The summed E-state index contributed by atoms with van der Waals surface area (Å²) in [5.74, 6) is 0.821. The maximum Gasteiger partial charge on any atom is 0.176 e. The molecule has 2 nitrogen and oxygen atoms in total. The second-order valence-corrected chi connectivity index (χ2v) is 4.50. The van der Waals surface area contributed by atoms with E-state index in [1.54, 1.807) is 0 Å². The molecule has 0 saturated heterocycles. The average molecular weight is 219 g/mol. The van der Waals surface area contributed by atoms with Crippen LogP contribution in [-0.2, 0) is 6.42 Å². The lowest BCUT2D eigenvalue weighted by molar-refractivity contribution is 0.0992. The molecule has 16 heavy (non-hydrogen) atoms. The molecule has 0 aliphatic heterocycles. The molecule has 0 amide bonds. The summed E-state index contributed by atoms with van der Waals surface area (Å²) in [5, 5.41) is 3.04. The van der Waals surface area contributed by atoms with E-state index in [0.29, 0.717) is 12.5 Å². The van der Waals surface area contributed by atoms with E-state index in [1.165, 1.54) is 5.56 Å². The fourth-order valence-electron chi connectivity index (χ4n) is 1.64. The van der Waals surface area contributed by atoms with E-state index in [2.05, 4.69) is 31.3 Å². The SMILES string of the molecule is CCNCC(=O)c1ccc(CC(C)C)cc1. The van der Waals surface area contributed by atoms with E-state index in [1.807, 2.05) is 19.1 Å². The monoisotopic (exact) mass is 219 g/mol. The normalized spacial score (nSPS) is 10.8. The van der Waals surface area contributed by atoms with Crippen molar-refractivity contribution in [3.05, 3.63) is 35.4 Å². The molecule has 88 valence electrons. The van der Waals surface area contributed by atoms with Crippen LogP contribution in [0.15, 0.2) is 24.3 Å². The van der Waals surface area contributed by atoms with Crippen LogP contribution in [0.4, 0.5) is 0 Å². The van der Waals surface area contributed by atoms with Crippen molar-refractivity contribution in [2.75, 3.05) is 13.1 Å². The Morgan fingerprint density at radius 3 is 2.38 bits per heavy atom. The van der Waals surface area contributed by atoms with Gasteiger partial charge in [-0.1, -0.05) is 45.0 Å². The third-order valence-electron chi connectivity index (χ3n) is 2.46. The number of hydrogen-bond donors (Lipinski definition) is 1. The summed E-state index contributed by atoms with van der Waals surface area (Å²) in [6, 6.07) is 7.97. The average Bonchev–Trinajstić information content (AvgIpc) is 2.26. The Morgan fingerprint density at radius 2 is 1.88 bits per heavy atom. The lowest BCUT2D eigenvalue weighted by Gasteiger charge is -2.06. The lowest BCUT2D eigenvalue weighted by atomic mass is 10.0. The first-order valence-electron chi connectivity index (χ1n) is 5.96. The van der Waals surface area contributed by atoms with Gasteiger partial charge in [0.1, 0.15) is 0 Å². The Hall–Kier alpha value is -1.15. The van der Waals surface area contributed by atoms with Crippen LogP contribution < -0.4 is 5.32 Å². The van der Waals surface area contributed by atoms with E-state index in [4.69, 9.17) is 0 Å². The Balaban J connectivity index is 2.60. The number of benzene rings is 1. The van der Waals surface area contributed by atoms with Gasteiger partial charge in [-0.15, -0.1) is 0 Å². The fraction of sp³-hybridized carbons (Fsp3) is 0.500. The molecular weight excluding hydrogens is 198 g/mol. The molecule has 0 heterocycles. The molecule has 0 fully saturated rings. The number of nitrogens with one attached hydrogen (secondary N) is 1. The molecule has 0 radical (unpaired) electrons.